The monoisotopic (exact) mass is 441 g/mol. The van der Waals surface area contributed by atoms with E-state index in [1.165, 1.54) is 25.9 Å². The number of aromatic amines is 1. The summed E-state index contributed by atoms with van der Waals surface area (Å²) in [5.74, 6) is -0.0427. The summed E-state index contributed by atoms with van der Waals surface area (Å²) in [4.78, 5) is 37.1. The number of nitrogens with one attached hydrogen (secondary N) is 2. The van der Waals surface area contributed by atoms with Crippen molar-refractivity contribution in [3.63, 3.8) is 0 Å². The largest absolute Gasteiger partial charge is 0.324 e. The molecule has 164 valence electrons. The fourth-order valence-corrected chi connectivity index (χ4v) is 4.87. The molecule has 0 unspecified atom stereocenters. The average Bonchev–Trinajstić information content (AvgIpc) is 3.29. The summed E-state index contributed by atoms with van der Waals surface area (Å²) in [5.41, 5.74) is 1.81. The van der Waals surface area contributed by atoms with Crippen molar-refractivity contribution in [1.82, 2.24) is 19.8 Å². The first-order valence-electron chi connectivity index (χ1n) is 10.8. The molecule has 7 nitrogen and oxygen atoms in total. The Morgan fingerprint density at radius 3 is 2.55 bits per heavy atom. The Balaban J connectivity index is 0.00000231. The van der Waals surface area contributed by atoms with Crippen LogP contribution in [0, 0.1) is 0 Å². The zero-order valence-corrected chi connectivity index (χ0v) is 18.3. The molecule has 2 fully saturated rings. The summed E-state index contributed by atoms with van der Waals surface area (Å²) in [6.07, 6.45) is 6.58. The molecule has 5 rings (SSSR count). The molecule has 2 saturated heterocycles. The number of aromatic nitrogens is 2. The maximum absolute atomic E-state index is 12.6. The van der Waals surface area contributed by atoms with E-state index in [1.54, 1.807) is 18.3 Å². The molecule has 3 aromatic rings. The number of fused-ring (bicyclic) bond motifs is 3. The van der Waals surface area contributed by atoms with E-state index in [0.717, 1.165) is 36.8 Å². The van der Waals surface area contributed by atoms with Crippen LogP contribution >= 0.6 is 12.4 Å². The first-order chi connectivity index (χ1) is 14.7. The number of halogens is 1. The lowest BCUT2D eigenvalue weighted by atomic mass is 10.0. The molecule has 1 amide bonds. The van der Waals surface area contributed by atoms with Crippen molar-refractivity contribution in [2.45, 2.75) is 31.7 Å². The number of amides is 1. The van der Waals surface area contributed by atoms with Crippen molar-refractivity contribution in [2.24, 2.45) is 0 Å². The van der Waals surface area contributed by atoms with Crippen molar-refractivity contribution in [3.05, 3.63) is 46.9 Å². The Labute approximate surface area is 187 Å². The molecule has 1 aromatic carbocycles. The van der Waals surface area contributed by atoms with Crippen LogP contribution < -0.4 is 10.9 Å². The first kappa shape index (κ1) is 21.7. The number of likely N-dealkylation sites (tertiary alicyclic amines) is 2. The van der Waals surface area contributed by atoms with Gasteiger partial charge in [0.25, 0.3) is 5.56 Å². The molecule has 0 spiro atoms. The Bertz CT molecular complexity index is 1130. The number of nitrogens with zero attached hydrogens (tertiary/aromatic N) is 3. The third kappa shape index (κ3) is 4.59. The number of hydrogen-bond donors (Lipinski definition) is 2. The Morgan fingerprint density at radius 2 is 1.81 bits per heavy atom. The summed E-state index contributed by atoms with van der Waals surface area (Å²) < 4.78 is 0. The maximum Gasteiger partial charge on any atom is 0.256 e. The van der Waals surface area contributed by atoms with Gasteiger partial charge in [-0.05, 0) is 50.9 Å². The molecular weight excluding hydrogens is 414 g/mol. The molecule has 2 aliphatic heterocycles. The quantitative estimate of drug-likeness (QED) is 0.608. The molecule has 4 heterocycles. The molecule has 2 aliphatic rings. The third-order valence-corrected chi connectivity index (χ3v) is 6.43. The minimum absolute atomic E-state index is 0. The zero-order chi connectivity index (χ0) is 20.5. The van der Waals surface area contributed by atoms with Gasteiger partial charge in [-0.2, -0.15) is 0 Å². The van der Waals surface area contributed by atoms with Gasteiger partial charge < -0.3 is 15.2 Å². The highest BCUT2D eigenvalue weighted by molar-refractivity contribution is 6.04. The Kier molecular flexibility index (Phi) is 6.55. The van der Waals surface area contributed by atoms with Gasteiger partial charge >= 0.3 is 0 Å². The fraction of sp³-hybridized carbons (Fsp3) is 0.435. The zero-order valence-electron chi connectivity index (χ0n) is 17.5. The number of rotatable bonds is 4. The number of anilines is 1. The molecule has 0 saturated carbocycles. The van der Waals surface area contributed by atoms with Gasteiger partial charge in [0.2, 0.25) is 5.91 Å². The molecule has 2 N–H and O–H groups in total. The van der Waals surface area contributed by atoms with Crippen LogP contribution in [0.5, 0.6) is 0 Å². The predicted octanol–water partition coefficient (Wildman–Crippen LogP) is 3.00. The van der Waals surface area contributed by atoms with Crippen LogP contribution in [0.4, 0.5) is 5.69 Å². The standard InChI is InChI=1S/C23H27N5O2.ClH/c29-21(15-27-11-7-17(8-12-27)28-9-3-4-10-28)25-16-13-20-22(24-14-16)18-5-1-2-6-19(18)23(30)26-20;/h1-2,5-6,13-14,17H,3-4,7-12,15H2,(H,25,29)(H,26,30);1H. The Hall–Kier alpha value is -2.48. The summed E-state index contributed by atoms with van der Waals surface area (Å²) in [7, 11) is 0. The molecule has 0 aliphatic carbocycles. The van der Waals surface area contributed by atoms with Crippen LogP contribution in [0.1, 0.15) is 25.7 Å². The number of hydrogen-bond acceptors (Lipinski definition) is 5. The smallest absolute Gasteiger partial charge is 0.256 e. The maximum atomic E-state index is 12.6. The molecule has 0 atom stereocenters. The molecule has 2 aromatic heterocycles. The van der Waals surface area contributed by atoms with Crippen LogP contribution in [0.3, 0.4) is 0 Å². The lowest BCUT2D eigenvalue weighted by molar-refractivity contribution is -0.117. The average molecular weight is 442 g/mol. The lowest BCUT2D eigenvalue weighted by Gasteiger charge is -2.36. The second-order valence-electron chi connectivity index (χ2n) is 8.42. The summed E-state index contributed by atoms with van der Waals surface area (Å²) in [6.45, 7) is 4.78. The van der Waals surface area contributed by atoms with Crippen molar-refractivity contribution in [2.75, 3.05) is 38.0 Å². The molecule has 31 heavy (non-hydrogen) atoms. The Morgan fingerprint density at radius 1 is 1.10 bits per heavy atom. The van der Waals surface area contributed by atoms with Gasteiger partial charge in [0.05, 0.1) is 29.5 Å². The van der Waals surface area contributed by atoms with Crippen LogP contribution in [-0.2, 0) is 4.79 Å². The lowest BCUT2D eigenvalue weighted by Crippen LogP contribution is -2.45. The van der Waals surface area contributed by atoms with E-state index in [1.807, 2.05) is 18.2 Å². The summed E-state index contributed by atoms with van der Waals surface area (Å²) >= 11 is 0. The van der Waals surface area contributed by atoms with E-state index in [0.29, 0.717) is 29.2 Å². The van der Waals surface area contributed by atoms with Crippen molar-refractivity contribution < 1.29 is 4.79 Å². The van der Waals surface area contributed by atoms with Gasteiger partial charge in [-0.25, -0.2) is 0 Å². The number of H-pyrrole nitrogens is 1. The van der Waals surface area contributed by atoms with Crippen LogP contribution in [0.25, 0.3) is 21.8 Å². The molecule has 0 radical (unpaired) electrons. The van der Waals surface area contributed by atoms with Crippen LogP contribution in [0.15, 0.2) is 41.3 Å². The van der Waals surface area contributed by atoms with Gasteiger partial charge in [0.1, 0.15) is 0 Å². The normalized spacial score (nSPS) is 18.3. The predicted molar refractivity (Wildman–Crippen MR) is 126 cm³/mol. The minimum Gasteiger partial charge on any atom is -0.324 e. The van der Waals surface area contributed by atoms with Crippen LogP contribution in [0.2, 0.25) is 0 Å². The topological polar surface area (TPSA) is 81.3 Å². The molecule has 8 heteroatoms. The highest BCUT2D eigenvalue weighted by Gasteiger charge is 2.27. The van der Waals surface area contributed by atoms with Gasteiger partial charge in [0.15, 0.2) is 0 Å². The van der Waals surface area contributed by atoms with Crippen molar-refractivity contribution in [3.8, 4) is 0 Å². The highest BCUT2D eigenvalue weighted by atomic mass is 35.5. The van der Waals surface area contributed by atoms with Crippen molar-refractivity contribution in [1.29, 1.82) is 0 Å². The third-order valence-electron chi connectivity index (χ3n) is 6.43. The number of benzene rings is 1. The van der Waals surface area contributed by atoms with Gasteiger partial charge in [-0.15, -0.1) is 12.4 Å². The number of piperidine rings is 1. The summed E-state index contributed by atoms with van der Waals surface area (Å²) in [5, 5.41) is 4.37. The number of carbonyl (C=O) groups is 1. The van der Waals surface area contributed by atoms with E-state index in [9.17, 15) is 9.59 Å². The van der Waals surface area contributed by atoms with E-state index in [2.05, 4.69) is 25.1 Å². The highest BCUT2D eigenvalue weighted by Crippen LogP contribution is 2.22. The first-order valence-corrected chi connectivity index (χ1v) is 10.8. The van der Waals surface area contributed by atoms with Crippen LogP contribution in [-0.4, -0.2) is 64.4 Å². The van der Waals surface area contributed by atoms with Gasteiger partial charge in [-0.3, -0.25) is 19.5 Å². The second-order valence-corrected chi connectivity index (χ2v) is 8.42. The van der Waals surface area contributed by atoms with E-state index in [4.69, 9.17) is 0 Å². The van der Waals surface area contributed by atoms with Crippen molar-refractivity contribution >= 4 is 45.8 Å². The minimum atomic E-state index is -0.149. The van der Waals surface area contributed by atoms with Gasteiger partial charge in [-0.1, -0.05) is 18.2 Å². The SMILES string of the molecule is Cl.O=C(CN1CCC(N2CCCC2)CC1)Nc1cnc2c(c1)[nH]c(=O)c1ccccc12. The summed E-state index contributed by atoms with van der Waals surface area (Å²) in [6, 6.07) is 9.88. The van der Waals surface area contributed by atoms with E-state index < -0.39 is 0 Å². The van der Waals surface area contributed by atoms with E-state index >= 15 is 0 Å². The number of pyridine rings is 2. The molecule has 0 bridgehead atoms. The number of carbonyl (C=O) groups excluding carboxylic acids is 1. The second kappa shape index (κ2) is 9.34. The van der Waals surface area contributed by atoms with Gasteiger partial charge in [0, 0.05) is 29.9 Å². The molecular formula is C23H28ClN5O2. The fourth-order valence-electron chi connectivity index (χ4n) is 4.87. The van der Waals surface area contributed by atoms with E-state index in [-0.39, 0.29) is 23.9 Å².